The van der Waals surface area contributed by atoms with E-state index >= 15 is 0 Å². The van der Waals surface area contributed by atoms with Gasteiger partial charge >= 0.3 is 0 Å². The zero-order valence-corrected chi connectivity index (χ0v) is 11.4. The molecular formula is C13H15N3O2S. The molecule has 0 saturated carbocycles. The summed E-state index contributed by atoms with van der Waals surface area (Å²) in [6.45, 7) is 0.399. The molecule has 0 aliphatic heterocycles. The number of hydrogen-bond acceptors (Lipinski definition) is 5. The Morgan fingerprint density at radius 1 is 1.53 bits per heavy atom. The molecule has 5 nitrogen and oxygen atoms in total. The molecule has 0 radical (unpaired) electrons. The number of carbonyl (C=O) groups excluding carboxylic acids is 1. The zero-order valence-electron chi connectivity index (χ0n) is 10.6. The second-order valence-corrected chi connectivity index (χ2v) is 4.87. The summed E-state index contributed by atoms with van der Waals surface area (Å²) in [5.74, 6) is 0.692. The molecule has 0 fully saturated rings. The number of aromatic nitrogens is 1. The molecule has 19 heavy (non-hydrogen) atoms. The number of carbonyl (C=O) groups is 1. The fourth-order valence-corrected chi connectivity index (χ4v) is 2.19. The van der Waals surface area contributed by atoms with Gasteiger partial charge in [0, 0.05) is 5.38 Å². The fourth-order valence-electron chi connectivity index (χ4n) is 1.62. The zero-order chi connectivity index (χ0) is 13.7. The summed E-state index contributed by atoms with van der Waals surface area (Å²) in [6.07, 6.45) is 0.316. The lowest BCUT2D eigenvalue weighted by atomic mass is 10.1. The highest BCUT2D eigenvalue weighted by Gasteiger charge is 2.05. The predicted molar refractivity (Wildman–Crippen MR) is 75.1 cm³/mol. The minimum Gasteiger partial charge on any atom is -0.497 e. The summed E-state index contributed by atoms with van der Waals surface area (Å²) >= 11 is 1.36. The number of amides is 1. The molecule has 0 aliphatic rings. The van der Waals surface area contributed by atoms with E-state index in [0.29, 0.717) is 18.1 Å². The first-order valence-electron chi connectivity index (χ1n) is 5.77. The van der Waals surface area contributed by atoms with E-state index in [1.165, 1.54) is 11.3 Å². The SMILES string of the molecule is COc1cccc(CC(=O)NCc2csc(N)n2)c1. The second-order valence-electron chi connectivity index (χ2n) is 3.98. The Labute approximate surface area is 115 Å². The topological polar surface area (TPSA) is 77.2 Å². The minimum absolute atomic E-state index is 0.0557. The van der Waals surface area contributed by atoms with Crippen LogP contribution in [0.4, 0.5) is 5.13 Å². The maximum Gasteiger partial charge on any atom is 0.224 e. The van der Waals surface area contributed by atoms with Crippen LogP contribution in [0.25, 0.3) is 0 Å². The third kappa shape index (κ3) is 3.96. The number of nitrogens with one attached hydrogen (secondary N) is 1. The summed E-state index contributed by atoms with van der Waals surface area (Å²) in [5, 5.41) is 5.15. The molecule has 2 rings (SSSR count). The maximum absolute atomic E-state index is 11.8. The van der Waals surface area contributed by atoms with Gasteiger partial charge in [-0.05, 0) is 17.7 Å². The maximum atomic E-state index is 11.8. The quantitative estimate of drug-likeness (QED) is 0.870. The molecule has 2 aromatic rings. The van der Waals surface area contributed by atoms with E-state index in [4.69, 9.17) is 10.5 Å². The Kier molecular flexibility index (Phi) is 4.35. The van der Waals surface area contributed by atoms with Crippen LogP contribution in [0.5, 0.6) is 5.75 Å². The van der Waals surface area contributed by atoms with Crippen LogP contribution in [-0.2, 0) is 17.8 Å². The van der Waals surface area contributed by atoms with Gasteiger partial charge < -0.3 is 15.8 Å². The first kappa shape index (κ1) is 13.4. The fraction of sp³-hybridized carbons (Fsp3) is 0.231. The van der Waals surface area contributed by atoms with Crippen LogP contribution in [0.2, 0.25) is 0 Å². The Bertz CT molecular complexity index is 569. The molecule has 1 amide bonds. The normalized spacial score (nSPS) is 10.2. The third-order valence-electron chi connectivity index (χ3n) is 2.54. The van der Waals surface area contributed by atoms with Crippen molar-refractivity contribution in [1.29, 1.82) is 0 Å². The van der Waals surface area contributed by atoms with E-state index in [1.54, 1.807) is 7.11 Å². The van der Waals surface area contributed by atoms with Gasteiger partial charge in [-0.3, -0.25) is 4.79 Å². The lowest BCUT2D eigenvalue weighted by molar-refractivity contribution is -0.120. The molecule has 0 spiro atoms. The van der Waals surface area contributed by atoms with E-state index in [2.05, 4.69) is 10.3 Å². The summed E-state index contributed by atoms with van der Waals surface area (Å²) in [7, 11) is 1.60. The van der Waals surface area contributed by atoms with Crippen LogP contribution in [0.1, 0.15) is 11.3 Å². The Hall–Kier alpha value is -2.08. The number of anilines is 1. The van der Waals surface area contributed by atoms with E-state index in [1.807, 2.05) is 29.6 Å². The summed E-state index contributed by atoms with van der Waals surface area (Å²) in [6, 6.07) is 7.45. The van der Waals surface area contributed by atoms with Crippen molar-refractivity contribution in [3.63, 3.8) is 0 Å². The molecule has 1 aromatic carbocycles. The highest BCUT2D eigenvalue weighted by Crippen LogP contribution is 2.13. The lowest BCUT2D eigenvalue weighted by Crippen LogP contribution is -2.24. The number of hydrogen-bond donors (Lipinski definition) is 2. The Morgan fingerprint density at radius 2 is 2.37 bits per heavy atom. The largest absolute Gasteiger partial charge is 0.497 e. The number of thiazole rings is 1. The van der Waals surface area contributed by atoms with Gasteiger partial charge in [0.2, 0.25) is 5.91 Å². The average molecular weight is 277 g/mol. The number of methoxy groups -OCH3 is 1. The van der Waals surface area contributed by atoms with Gasteiger partial charge in [0.1, 0.15) is 5.75 Å². The van der Waals surface area contributed by atoms with Crippen molar-refractivity contribution in [1.82, 2.24) is 10.3 Å². The Balaban J connectivity index is 1.86. The monoisotopic (exact) mass is 277 g/mol. The van der Waals surface area contributed by atoms with Crippen molar-refractivity contribution in [3.05, 3.63) is 40.9 Å². The van der Waals surface area contributed by atoms with Crippen LogP contribution in [-0.4, -0.2) is 18.0 Å². The number of benzene rings is 1. The number of nitrogen functional groups attached to an aromatic ring is 1. The van der Waals surface area contributed by atoms with Gasteiger partial charge in [-0.2, -0.15) is 0 Å². The van der Waals surface area contributed by atoms with E-state index in [-0.39, 0.29) is 5.91 Å². The molecule has 1 aromatic heterocycles. The van der Waals surface area contributed by atoms with Crippen molar-refractivity contribution < 1.29 is 9.53 Å². The van der Waals surface area contributed by atoms with Gasteiger partial charge in [-0.15, -0.1) is 11.3 Å². The molecule has 0 saturated heterocycles. The van der Waals surface area contributed by atoms with Crippen LogP contribution < -0.4 is 15.8 Å². The van der Waals surface area contributed by atoms with Gasteiger partial charge in [-0.25, -0.2) is 4.98 Å². The first-order chi connectivity index (χ1) is 9.17. The highest BCUT2D eigenvalue weighted by molar-refractivity contribution is 7.13. The smallest absolute Gasteiger partial charge is 0.224 e. The van der Waals surface area contributed by atoms with Gasteiger partial charge in [0.25, 0.3) is 0 Å². The summed E-state index contributed by atoms with van der Waals surface area (Å²) < 4.78 is 5.11. The lowest BCUT2D eigenvalue weighted by Gasteiger charge is -2.05. The van der Waals surface area contributed by atoms with E-state index in [0.717, 1.165) is 17.0 Å². The molecule has 3 N–H and O–H groups in total. The van der Waals surface area contributed by atoms with E-state index < -0.39 is 0 Å². The van der Waals surface area contributed by atoms with Gasteiger partial charge in [0.15, 0.2) is 5.13 Å². The summed E-state index contributed by atoms with van der Waals surface area (Å²) in [5.41, 5.74) is 7.21. The number of nitrogens with zero attached hydrogens (tertiary/aromatic N) is 1. The van der Waals surface area contributed by atoms with Crippen molar-refractivity contribution in [2.24, 2.45) is 0 Å². The standard InChI is InChI=1S/C13H15N3O2S/c1-18-11-4-2-3-9(5-11)6-12(17)15-7-10-8-19-13(14)16-10/h2-5,8H,6-7H2,1H3,(H2,14,16)(H,15,17). The van der Waals surface area contributed by atoms with Crippen molar-refractivity contribution in [2.75, 3.05) is 12.8 Å². The van der Waals surface area contributed by atoms with Crippen molar-refractivity contribution in [3.8, 4) is 5.75 Å². The molecule has 1 heterocycles. The van der Waals surface area contributed by atoms with Crippen LogP contribution in [0.3, 0.4) is 0 Å². The molecular weight excluding hydrogens is 262 g/mol. The van der Waals surface area contributed by atoms with Gasteiger partial charge in [-0.1, -0.05) is 12.1 Å². The van der Waals surface area contributed by atoms with Crippen molar-refractivity contribution >= 4 is 22.4 Å². The minimum atomic E-state index is -0.0557. The van der Waals surface area contributed by atoms with Crippen LogP contribution in [0, 0.1) is 0 Å². The van der Waals surface area contributed by atoms with Crippen LogP contribution in [0.15, 0.2) is 29.6 Å². The molecule has 0 bridgehead atoms. The second kappa shape index (κ2) is 6.19. The van der Waals surface area contributed by atoms with Crippen molar-refractivity contribution in [2.45, 2.75) is 13.0 Å². The average Bonchev–Trinajstić information content (AvgIpc) is 2.82. The summed E-state index contributed by atoms with van der Waals surface area (Å²) in [4.78, 5) is 15.9. The molecule has 0 unspecified atom stereocenters. The van der Waals surface area contributed by atoms with Gasteiger partial charge in [0.05, 0.1) is 25.8 Å². The number of ether oxygens (including phenoxy) is 1. The number of nitrogens with two attached hydrogens (primary N) is 1. The number of rotatable bonds is 5. The first-order valence-corrected chi connectivity index (χ1v) is 6.65. The molecule has 0 aliphatic carbocycles. The predicted octanol–water partition coefficient (Wildman–Crippen LogP) is 1.59. The van der Waals surface area contributed by atoms with E-state index in [9.17, 15) is 4.79 Å². The molecule has 0 atom stereocenters. The Morgan fingerprint density at radius 3 is 3.05 bits per heavy atom. The molecule has 6 heteroatoms. The highest BCUT2D eigenvalue weighted by atomic mass is 32.1. The van der Waals surface area contributed by atoms with Crippen LogP contribution >= 0.6 is 11.3 Å². The third-order valence-corrected chi connectivity index (χ3v) is 3.26. The molecule has 100 valence electrons.